The van der Waals surface area contributed by atoms with Crippen molar-refractivity contribution in [2.45, 2.75) is 16.9 Å². The van der Waals surface area contributed by atoms with Gasteiger partial charge in [0.15, 0.2) is 0 Å². The van der Waals surface area contributed by atoms with E-state index in [4.69, 9.17) is 49.1 Å². The number of nitrogens with zero attached hydrogens (tertiary/aromatic N) is 1. The van der Waals surface area contributed by atoms with Crippen molar-refractivity contribution in [1.29, 1.82) is 0 Å². The molecule has 10 radical (unpaired) electrons. The summed E-state index contributed by atoms with van der Waals surface area (Å²) in [5.41, 5.74) is 0.846. The minimum absolute atomic E-state index is 0.0388. The number of aromatic nitrogens is 1. The van der Waals surface area contributed by atoms with Crippen LogP contribution in [0.1, 0.15) is 5.56 Å². The minimum atomic E-state index is -1.95. The van der Waals surface area contributed by atoms with E-state index in [2.05, 4.69) is 4.98 Å². The number of aliphatic hydroxyl groups excluding tert-OH is 1. The molecule has 1 N–H and O–H groups in total. The Bertz CT molecular complexity index is 363. The van der Waals surface area contributed by atoms with Crippen LogP contribution in [0.15, 0.2) is 18.3 Å². The molecule has 1 aromatic heterocycles. The van der Waals surface area contributed by atoms with Crippen molar-refractivity contribution in [2.24, 2.45) is 0 Å². The van der Waals surface area contributed by atoms with E-state index in [0.29, 0.717) is 6.42 Å². The lowest BCUT2D eigenvalue weighted by atomic mass is 9.28. The van der Waals surface area contributed by atoms with Gasteiger partial charge in [-0.05, 0) is 12.0 Å². The third kappa shape index (κ3) is 3.88. The maximum absolute atomic E-state index is 8.73. The van der Waals surface area contributed by atoms with E-state index < -0.39 is 10.5 Å². The van der Waals surface area contributed by atoms with Crippen LogP contribution in [0, 0.1) is 0 Å². The standard InChI is InChI=1S/C9H8B5NO2/c10-8(11,12)9(13,14)17-7-2-1-6(3-4-16)5-15-7/h1-2,5,16H,3-4H2. The first-order valence-corrected chi connectivity index (χ1v) is 4.95. The molecule has 3 nitrogen and oxygen atoms in total. The highest BCUT2D eigenvalue weighted by atomic mass is 16.5. The van der Waals surface area contributed by atoms with Crippen LogP contribution in [0.25, 0.3) is 0 Å². The zero-order valence-electron chi connectivity index (χ0n) is 9.34. The lowest BCUT2D eigenvalue weighted by Gasteiger charge is -2.41. The van der Waals surface area contributed by atoms with Crippen LogP contribution >= 0.6 is 0 Å². The molecule has 0 aliphatic carbocycles. The third-order valence-electron chi connectivity index (χ3n) is 2.15. The predicted molar refractivity (Wildman–Crippen MR) is 69.8 cm³/mol. The van der Waals surface area contributed by atoms with Gasteiger partial charge in [-0.2, -0.15) is 0 Å². The van der Waals surface area contributed by atoms with Crippen LogP contribution in [0.3, 0.4) is 0 Å². The van der Waals surface area contributed by atoms with Crippen molar-refractivity contribution < 1.29 is 9.84 Å². The van der Waals surface area contributed by atoms with E-state index in [9.17, 15) is 0 Å². The quantitative estimate of drug-likeness (QED) is 0.613. The fourth-order valence-electron chi connectivity index (χ4n) is 1.01. The monoisotopic (exact) mass is 217 g/mol. The molecule has 0 saturated heterocycles. The van der Waals surface area contributed by atoms with Gasteiger partial charge in [0.1, 0.15) is 15.7 Å². The summed E-state index contributed by atoms with van der Waals surface area (Å²) >= 11 is 0. The molecule has 0 aliphatic heterocycles. The Kier molecular flexibility index (Phi) is 4.42. The Labute approximate surface area is 108 Å². The topological polar surface area (TPSA) is 42.4 Å². The van der Waals surface area contributed by atoms with E-state index >= 15 is 0 Å². The average Bonchev–Trinajstić information content (AvgIpc) is 2.19. The van der Waals surface area contributed by atoms with Crippen molar-refractivity contribution in [3.63, 3.8) is 0 Å². The highest BCUT2D eigenvalue weighted by Gasteiger charge is 2.32. The Hall–Kier alpha value is -0.765. The van der Waals surface area contributed by atoms with E-state index in [-0.39, 0.29) is 12.5 Å². The number of hydrogen-bond donors (Lipinski definition) is 1. The molecular weight excluding hydrogens is 208 g/mol. The molecule has 0 saturated carbocycles. The number of pyridine rings is 1. The third-order valence-corrected chi connectivity index (χ3v) is 2.15. The molecule has 1 heterocycles. The van der Waals surface area contributed by atoms with E-state index in [1.54, 1.807) is 6.07 Å². The van der Waals surface area contributed by atoms with Crippen LogP contribution in [-0.4, -0.2) is 61.3 Å². The molecule has 76 valence electrons. The molecular formula is C9H8B5NO2. The van der Waals surface area contributed by atoms with Crippen LogP contribution in [0.2, 0.25) is 5.11 Å². The molecule has 0 unspecified atom stereocenters. The summed E-state index contributed by atoms with van der Waals surface area (Å²) in [5.74, 6) is 0.141. The maximum atomic E-state index is 8.73. The van der Waals surface area contributed by atoms with Crippen molar-refractivity contribution in [3.8, 4) is 5.88 Å². The molecule has 1 rings (SSSR count). The zero-order chi connectivity index (χ0) is 13.1. The molecule has 0 amide bonds. The fourth-order valence-corrected chi connectivity index (χ4v) is 1.01. The van der Waals surface area contributed by atoms with Crippen molar-refractivity contribution >= 4 is 39.2 Å². The lowest BCUT2D eigenvalue weighted by molar-refractivity contribution is 0.231. The lowest BCUT2D eigenvalue weighted by Crippen LogP contribution is -2.51. The number of aliphatic hydroxyl groups is 1. The Morgan fingerprint density at radius 3 is 2.24 bits per heavy atom. The summed E-state index contributed by atoms with van der Waals surface area (Å²) in [6.07, 6.45) is 2.02. The normalized spacial score (nSPS) is 12.3. The Morgan fingerprint density at radius 2 is 1.82 bits per heavy atom. The molecule has 0 fully saturated rings. The van der Waals surface area contributed by atoms with Gasteiger partial charge in [0, 0.05) is 24.3 Å². The SMILES string of the molecule is [B]C([B])([B])C([B])([B])Oc1ccc(CCO)cn1. The van der Waals surface area contributed by atoms with Gasteiger partial charge < -0.3 is 9.84 Å². The molecule has 0 bridgehead atoms. The Morgan fingerprint density at radius 1 is 1.18 bits per heavy atom. The Balaban J connectivity index is 2.76. The summed E-state index contributed by atoms with van der Waals surface area (Å²) < 4.78 is 5.11. The van der Waals surface area contributed by atoms with E-state index in [0.717, 1.165) is 5.56 Å². The summed E-state index contributed by atoms with van der Waals surface area (Å²) in [6, 6.07) is 3.24. The van der Waals surface area contributed by atoms with Crippen molar-refractivity contribution in [1.82, 2.24) is 4.98 Å². The highest BCUT2D eigenvalue weighted by Crippen LogP contribution is 2.27. The average molecular weight is 216 g/mol. The number of rotatable bonds is 5. The van der Waals surface area contributed by atoms with E-state index in [1.807, 2.05) is 0 Å². The maximum Gasteiger partial charge on any atom is 0.212 e. The van der Waals surface area contributed by atoms with Gasteiger partial charge in [-0.25, -0.2) is 4.98 Å². The van der Waals surface area contributed by atoms with Gasteiger partial charge in [-0.3, -0.25) is 0 Å². The first kappa shape index (κ1) is 14.3. The number of hydrogen-bond acceptors (Lipinski definition) is 3. The zero-order valence-corrected chi connectivity index (χ0v) is 9.34. The smallest absolute Gasteiger partial charge is 0.212 e. The molecule has 0 spiro atoms. The second-order valence-corrected chi connectivity index (χ2v) is 3.81. The van der Waals surface area contributed by atoms with Gasteiger partial charge in [0.25, 0.3) is 0 Å². The number of ether oxygens (including phenoxy) is 1. The van der Waals surface area contributed by atoms with Crippen molar-refractivity contribution in [3.05, 3.63) is 23.9 Å². The molecule has 8 heteroatoms. The molecule has 17 heavy (non-hydrogen) atoms. The minimum Gasteiger partial charge on any atom is -0.493 e. The molecule has 1 aromatic rings. The van der Waals surface area contributed by atoms with Crippen molar-refractivity contribution in [2.75, 3.05) is 6.61 Å². The molecule has 0 aromatic carbocycles. The summed E-state index contributed by atoms with van der Waals surface area (Å²) in [4.78, 5) is 3.94. The van der Waals surface area contributed by atoms with Gasteiger partial charge in [-0.15, -0.1) is 5.11 Å². The summed E-state index contributed by atoms with van der Waals surface area (Å²) in [7, 11) is 27.1. The molecule has 0 aliphatic rings. The second-order valence-electron chi connectivity index (χ2n) is 3.81. The molecule has 0 atom stereocenters. The van der Waals surface area contributed by atoms with Gasteiger partial charge in [0.2, 0.25) is 5.88 Å². The van der Waals surface area contributed by atoms with Crippen LogP contribution in [0.4, 0.5) is 0 Å². The van der Waals surface area contributed by atoms with Gasteiger partial charge in [-0.1, -0.05) is 6.07 Å². The first-order chi connectivity index (χ1) is 7.76. The highest BCUT2D eigenvalue weighted by molar-refractivity contribution is 6.66. The van der Waals surface area contributed by atoms with Gasteiger partial charge in [0.05, 0.1) is 23.5 Å². The summed E-state index contributed by atoms with van der Waals surface area (Å²) in [6.45, 7) is 0.0388. The largest absolute Gasteiger partial charge is 0.493 e. The van der Waals surface area contributed by atoms with Crippen LogP contribution < -0.4 is 4.74 Å². The fraction of sp³-hybridized carbons (Fsp3) is 0.444. The first-order valence-electron chi connectivity index (χ1n) is 4.95. The predicted octanol–water partition coefficient (Wildman–Crippen LogP) is -1.43. The van der Waals surface area contributed by atoms with Crippen LogP contribution in [0.5, 0.6) is 5.88 Å². The van der Waals surface area contributed by atoms with Gasteiger partial charge >= 0.3 is 0 Å². The van der Waals surface area contributed by atoms with E-state index in [1.165, 1.54) is 12.3 Å². The second kappa shape index (κ2) is 5.26. The van der Waals surface area contributed by atoms with Crippen LogP contribution in [-0.2, 0) is 6.42 Å². The summed E-state index contributed by atoms with van der Waals surface area (Å²) in [5, 5.41) is 4.88.